The molecule has 0 bridgehead atoms. The Balaban J connectivity index is 2.23. The third-order valence-corrected chi connectivity index (χ3v) is 3.08. The second kappa shape index (κ2) is 4.06. The molecule has 1 amide bonds. The van der Waals surface area contributed by atoms with Crippen LogP contribution in [-0.4, -0.2) is 22.7 Å². The van der Waals surface area contributed by atoms with Gasteiger partial charge in [0.2, 0.25) is 5.91 Å². The van der Waals surface area contributed by atoms with Crippen LogP contribution in [-0.2, 0) is 4.79 Å². The fourth-order valence-electron chi connectivity index (χ4n) is 1.44. The van der Waals surface area contributed by atoms with E-state index in [0.717, 1.165) is 9.39 Å². The van der Waals surface area contributed by atoms with E-state index in [2.05, 4.69) is 40.2 Å². The van der Waals surface area contributed by atoms with Crippen molar-refractivity contribution < 1.29 is 4.79 Å². The smallest absolute Gasteiger partial charge is 0.229 e. The summed E-state index contributed by atoms with van der Waals surface area (Å²) in [5, 5.41) is 0.142. The Bertz CT molecular complexity index is 354. The molecule has 1 aromatic rings. The summed E-state index contributed by atoms with van der Waals surface area (Å²) in [6, 6.07) is 3.81. The van der Waals surface area contributed by atoms with Crippen molar-refractivity contribution in [1.82, 2.24) is 4.98 Å². The Morgan fingerprint density at radius 1 is 1.57 bits per heavy atom. The van der Waals surface area contributed by atoms with E-state index < -0.39 is 0 Å². The molecular formula is C9H9IN2OS. The Kier molecular flexibility index (Phi) is 2.96. The second-order valence-corrected chi connectivity index (χ2v) is 5.17. The molecule has 1 atom stereocenters. The molecule has 0 saturated carbocycles. The predicted molar refractivity (Wildman–Crippen MR) is 66.7 cm³/mol. The van der Waals surface area contributed by atoms with E-state index in [1.165, 1.54) is 0 Å². The third kappa shape index (κ3) is 2.03. The minimum absolute atomic E-state index is 0.110. The maximum Gasteiger partial charge on any atom is 0.229 e. The van der Waals surface area contributed by atoms with Crippen LogP contribution in [0.5, 0.6) is 0 Å². The first-order valence-corrected chi connectivity index (χ1v) is 5.86. The molecule has 0 aliphatic carbocycles. The monoisotopic (exact) mass is 320 g/mol. The van der Waals surface area contributed by atoms with E-state index >= 15 is 0 Å². The average Bonchev–Trinajstić information content (AvgIpc) is 2.47. The number of hydrogen-bond donors (Lipinski definition) is 1. The Morgan fingerprint density at radius 3 is 2.86 bits per heavy atom. The molecule has 0 spiro atoms. The molecule has 0 aromatic carbocycles. The summed E-state index contributed by atoms with van der Waals surface area (Å²) in [6.45, 7) is 0.662. The van der Waals surface area contributed by atoms with Gasteiger partial charge in [-0.05, 0) is 34.7 Å². The molecule has 3 nitrogen and oxygen atoms in total. The Labute approximate surface area is 101 Å². The van der Waals surface area contributed by atoms with Crippen molar-refractivity contribution in [3.05, 3.63) is 21.9 Å². The van der Waals surface area contributed by atoms with Crippen molar-refractivity contribution in [1.29, 1.82) is 0 Å². The summed E-state index contributed by atoms with van der Waals surface area (Å²) in [6.07, 6.45) is 2.27. The van der Waals surface area contributed by atoms with Gasteiger partial charge in [-0.2, -0.15) is 12.6 Å². The lowest BCUT2D eigenvalue weighted by molar-refractivity contribution is -0.117. The second-order valence-electron chi connectivity index (χ2n) is 3.20. The van der Waals surface area contributed by atoms with E-state index in [-0.39, 0.29) is 11.2 Å². The van der Waals surface area contributed by atoms with Crippen molar-refractivity contribution in [2.75, 3.05) is 11.4 Å². The van der Waals surface area contributed by atoms with Crippen LogP contribution in [0.15, 0.2) is 18.3 Å². The van der Waals surface area contributed by atoms with Gasteiger partial charge in [0.15, 0.2) is 0 Å². The molecule has 0 N–H and O–H groups in total. The topological polar surface area (TPSA) is 33.2 Å². The summed E-state index contributed by atoms with van der Waals surface area (Å²) in [7, 11) is 0. The summed E-state index contributed by atoms with van der Waals surface area (Å²) in [5.41, 5.74) is 0. The van der Waals surface area contributed by atoms with Crippen molar-refractivity contribution in [3.8, 4) is 0 Å². The Morgan fingerprint density at radius 2 is 2.36 bits per heavy atom. The summed E-state index contributed by atoms with van der Waals surface area (Å²) in [5.74, 6) is 0.839. The number of anilines is 1. The Hall–Kier alpha value is -0.300. The van der Waals surface area contributed by atoms with Gasteiger partial charge in [0.25, 0.3) is 0 Å². The number of amides is 1. The summed E-state index contributed by atoms with van der Waals surface area (Å²) >= 11 is 6.48. The van der Waals surface area contributed by atoms with Crippen molar-refractivity contribution in [2.45, 2.75) is 11.7 Å². The molecule has 1 unspecified atom stereocenters. The predicted octanol–water partition coefficient (Wildman–Crippen LogP) is 1.72. The first-order chi connectivity index (χ1) is 6.66. The number of pyridine rings is 1. The fourth-order valence-corrected chi connectivity index (χ4v) is 2.08. The zero-order chi connectivity index (χ0) is 10.1. The van der Waals surface area contributed by atoms with Crippen molar-refractivity contribution in [2.24, 2.45) is 0 Å². The first kappa shape index (κ1) is 10.2. The van der Waals surface area contributed by atoms with E-state index in [1.54, 1.807) is 11.1 Å². The zero-order valence-corrected chi connectivity index (χ0v) is 10.4. The van der Waals surface area contributed by atoms with Crippen LogP contribution in [0.3, 0.4) is 0 Å². The van der Waals surface area contributed by atoms with Gasteiger partial charge in [-0.25, -0.2) is 4.98 Å². The summed E-state index contributed by atoms with van der Waals surface area (Å²) < 4.78 is 1.07. The lowest BCUT2D eigenvalue weighted by atomic mass is 10.4. The SMILES string of the molecule is O=C1CC(S)CN1c1ccc(I)cn1. The number of thiol groups is 1. The van der Waals surface area contributed by atoms with Gasteiger partial charge in [0.05, 0.1) is 0 Å². The lowest BCUT2D eigenvalue weighted by Crippen LogP contribution is -2.25. The van der Waals surface area contributed by atoms with Gasteiger partial charge in [0.1, 0.15) is 5.82 Å². The van der Waals surface area contributed by atoms with Crippen LogP contribution in [0, 0.1) is 3.57 Å². The van der Waals surface area contributed by atoms with Crippen LogP contribution < -0.4 is 4.90 Å². The van der Waals surface area contributed by atoms with Crippen molar-refractivity contribution >= 4 is 46.9 Å². The van der Waals surface area contributed by atoms with Crippen LogP contribution in [0.1, 0.15) is 6.42 Å². The number of hydrogen-bond acceptors (Lipinski definition) is 3. The molecule has 0 radical (unpaired) electrons. The van der Waals surface area contributed by atoms with Gasteiger partial charge >= 0.3 is 0 Å². The van der Waals surface area contributed by atoms with Gasteiger partial charge in [-0.1, -0.05) is 0 Å². The number of halogens is 1. The number of aromatic nitrogens is 1. The molecule has 2 rings (SSSR count). The third-order valence-electron chi connectivity index (χ3n) is 2.09. The quantitative estimate of drug-likeness (QED) is 0.631. The maximum absolute atomic E-state index is 11.5. The molecule has 1 fully saturated rings. The zero-order valence-electron chi connectivity index (χ0n) is 7.35. The minimum atomic E-state index is 0.110. The highest BCUT2D eigenvalue weighted by Crippen LogP contribution is 2.22. The fraction of sp³-hybridized carbons (Fsp3) is 0.333. The molecule has 5 heteroatoms. The standard InChI is InChI=1S/C9H9IN2OS/c10-6-1-2-8(11-4-6)12-5-7(14)3-9(12)13/h1-2,4,7,14H,3,5H2. The van der Waals surface area contributed by atoms with Crippen LogP contribution in [0.25, 0.3) is 0 Å². The molecule has 2 heterocycles. The molecule has 1 saturated heterocycles. The van der Waals surface area contributed by atoms with Crippen LogP contribution >= 0.6 is 35.2 Å². The van der Waals surface area contributed by atoms with Gasteiger partial charge in [-0.3, -0.25) is 9.69 Å². The van der Waals surface area contributed by atoms with Crippen LogP contribution in [0.2, 0.25) is 0 Å². The van der Waals surface area contributed by atoms with E-state index in [0.29, 0.717) is 13.0 Å². The molecule has 14 heavy (non-hydrogen) atoms. The number of rotatable bonds is 1. The molecule has 1 aromatic heterocycles. The number of nitrogens with zero attached hydrogens (tertiary/aromatic N) is 2. The highest BCUT2D eigenvalue weighted by Gasteiger charge is 2.28. The summed E-state index contributed by atoms with van der Waals surface area (Å²) in [4.78, 5) is 17.4. The van der Waals surface area contributed by atoms with E-state index in [1.807, 2.05) is 12.1 Å². The number of carbonyl (C=O) groups is 1. The van der Waals surface area contributed by atoms with Crippen molar-refractivity contribution in [3.63, 3.8) is 0 Å². The normalized spacial score (nSPS) is 21.7. The largest absolute Gasteiger partial charge is 0.296 e. The lowest BCUT2D eigenvalue weighted by Gasteiger charge is -2.14. The van der Waals surface area contributed by atoms with Gasteiger partial charge < -0.3 is 0 Å². The van der Waals surface area contributed by atoms with E-state index in [9.17, 15) is 4.79 Å². The maximum atomic E-state index is 11.5. The van der Waals surface area contributed by atoms with Crippen LogP contribution in [0.4, 0.5) is 5.82 Å². The molecule has 1 aliphatic rings. The van der Waals surface area contributed by atoms with E-state index in [4.69, 9.17) is 0 Å². The minimum Gasteiger partial charge on any atom is -0.296 e. The highest BCUT2D eigenvalue weighted by molar-refractivity contribution is 14.1. The van der Waals surface area contributed by atoms with Gasteiger partial charge in [0, 0.05) is 28.0 Å². The number of carbonyl (C=O) groups excluding carboxylic acids is 1. The first-order valence-electron chi connectivity index (χ1n) is 4.27. The molecular weight excluding hydrogens is 311 g/mol. The average molecular weight is 320 g/mol. The van der Waals surface area contributed by atoms with Gasteiger partial charge in [-0.15, -0.1) is 0 Å². The highest BCUT2D eigenvalue weighted by atomic mass is 127. The molecule has 74 valence electrons. The molecule has 1 aliphatic heterocycles.